The van der Waals surface area contributed by atoms with E-state index >= 15 is 0 Å². The summed E-state index contributed by atoms with van der Waals surface area (Å²) in [6.45, 7) is 8.13. The van der Waals surface area contributed by atoms with Crippen LogP contribution in [0, 0.1) is 0 Å². The monoisotopic (exact) mass is 210 g/mol. The average Bonchev–Trinajstić information content (AvgIpc) is 2.48. The van der Waals surface area contributed by atoms with Gasteiger partial charge in [-0.3, -0.25) is 4.79 Å². The lowest BCUT2D eigenvalue weighted by atomic mass is 10.0. The van der Waals surface area contributed by atoms with Gasteiger partial charge in [-0.15, -0.1) is 0 Å². The number of rotatable bonds is 3. The maximum absolute atomic E-state index is 10.6. The highest BCUT2D eigenvalue weighted by molar-refractivity contribution is 5.67. The van der Waals surface area contributed by atoms with Crippen molar-refractivity contribution in [3.05, 3.63) is 18.2 Å². The van der Waals surface area contributed by atoms with Crippen molar-refractivity contribution in [2.75, 3.05) is 0 Å². The summed E-state index contributed by atoms with van der Waals surface area (Å²) >= 11 is 0. The number of hydrogen-bond donors (Lipinski definition) is 1. The quantitative estimate of drug-likeness (QED) is 0.832. The molecule has 15 heavy (non-hydrogen) atoms. The second-order valence-electron chi connectivity index (χ2n) is 4.88. The lowest BCUT2D eigenvalue weighted by molar-refractivity contribution is -0.137. The lowest BCUT2D eigenvalue weighted by Gasteiger charge is -2.20. The number of carboxylic acid groups (broad SMARTS) is 1. The molecule has 0 aliphatic rings. The molecule has 0 fully saturated rings. The molecule has 0 spiro atoms. The van der Waals surface area contributed by atoms with Gasteiger partial charge in [0, 0.05) is 17.7 Å². The third-order valence-corrected chi connectivity index (χ3v) is 2.36. The van der Waals surface area contributed by atoms with E-state index in [-0.39, 0.29) is 17.9 Å². The first-order chi connectivity index (χ1) is 6.80. The summed E-state index contributed by atoms with van der Waals surface area (Å²) in [6, 6.07) is 0. The molecule has 4 heteroatoms. The minimum atomic E-state index is -0.784. The molecule has 1 atom stereocenters. The predicted octanol–water partition coefficient (Wildman–Crippen LogP) is 2.22. The summed E-state index contributed by atoms with van der Waals surface area (Å²) in [5.74, 6) is -0.820. The van der Waals surface area contributed by atoms with E-state index in [1.807, 2.05) is 17.7 Å². The maximum Gasteiger partial charge on any atom is 0.304 e. The van der Waals surface area contributed by atoms with Gasteiger partial charge in [0.25, 0.3) is 0 Å². The van der Waals surface area contributed by atoms with Crippen LogP contribution in [-0.4, -0.2) is 20.6 Å². The largest absolute Gasteiger partial charge is 0.481 e. The zero-order valence-corrected chi connectivity index (χ0v) is 9.69. The van der Waals surface area contributed by atoms with Crippen LogP contribution >= 0.6 is 0 Å². The second-order valence-corrected chi connectivity index (χ2v) is 4.88. The van der Waals surface area contributed by atoms with Crippen molar-refractivity contribution in [1.29, 1.82) is 0 Å². The lowest BCUT2D eigenvalue weighted by Crippen LogP contribution is -2.19. The SMILES string of the molecule is CC(CC(=O)O)c1cn(C(C)(C)C)cn1. The minimum Gasteiger partial charge on any atom is -0.481 e. The van der Waals surface area contributed by atoms with E-state index in [1.54, 1.807) is 6.33 Å². The Labute approximate surface area is 89.9 Å². The van der Waals surface area contributed by atoms with Crippen LogP contribution in [0.3, 0.4) is 0 Å². The van der Waals surface area contributed by atoms with Gasteiger partial charge < -0.3 is 9.67 Å². The highest BCUT2D eigenvalue weighted by Gasteiger charge is 2.17. The third kappa shape index (κ3) is 3.08. The summed E-state index contributed by atoms with van der Waals surface area (Å²) in [5.41, 5.74) is 0.834. The molecule has 0 saturated heterocycles. The highest BCUT2D eigenvalue weighted by Crippen LogP contribution is 2.20. The van der Waals surface area contributed by atoms with Gasteiger partial charge in [-0.1, -0.05) is 6.92 Å². The van der Waals surface area contributed by atoms with Crippen LogP contribution < -0.4 is 0 Å². The second kappa shape index (κ2) is 4.04. The third-order valence-electron chi connectivity index (χ3n) is 2.36. The van der Waals surface area contributed by atoms with Crippen molar-refractivity contribution in [2.24, 2.45) is 0 Å². The Kier molecular flexibility index (Phi) is 3.17. The molecule has 84 valence electrons. The molecule has 0 radical (unpaired) electrons. The number of aliphatic carboxylic acids is 1. The van der Waals surface area contributed by atoms with Crippen molar-refractivity contribution in [3.63, 3.8) is 0 Å². The summed E-state index contributed by atoms with van der Waals surface area (Å²) < 4.78 is 2.00. The highest BCUT2D eigenvalue weighted by atomic mass is 16.4. The zero-order valence-electron chi connectivity index (χ0n) is 9.69. The molecule has 0 aromatic carbocycles. The van der Waals surface area contributed by atoms with Crippen molar-refractivity contribution in [2.45, 2.75) is 45.6 Å². The van der Waals surface area contributed by atoms with E-state index in [4.69, 9.17) is 5.11 Å². The van der Waals surface area contributed by atoms with Crippen LogP contribution in [0.15, 0.2) is 12.5 Å². The summed E-state index contributed by atoms with van der Waals surface area (Å²) in [5, 5.41) is 8.68. The summed E-state index contributed by atoms with van der Waals surface area (Å²) in [6.07, 6.45) is 3.81. The van der Waals surface area contributed by atoms with Crippen molar-refractivity contribution < 1.29 is 9.90 Å². The van der Waals surface area contributed by atoms with Gasteiger partial charge in [0.15, 0.2) is 0 Å². The molecule has 1 aromatic rings. The first-order valence-electron chi connectivity index (χ1n) is 5.07. The molecule has 1 N–H and O–H groups in total. The van der Waals surface area contributed by atoms with Gasteiger partial charge in [-0.25, -0.2) is 4.98 Å². The molecule has 0 amide bonds. The van der Waals surface area contributed by atoms with Gasteiger partial charge in [-0.2, -0.15) is 0 Å². The fraction of sp³-hybridized carbons (Fsp3) is 0.636. The number of nitrogens with zero attached hydrogens (tertiary/aromatic N) is 2. The zero-order chi connectivity index (χ0) is 11.6. The molecule has 0 aliphatic heterocycles. The Hall–Kier alpha value is -1.32. The fourth-order valence-electron chi connectivity index (χ4n) is 1.33. The Morgan fingerprint density at radius 1 is 1.60 bits per heavy atom. The van der Waals surface area contributed by atoms with Crippen LogP contribution in [0.2, 0.25) is 0 Å². The van der Waals surface area contributed by atoms with Crippen LogP contribution in [0.1, 0.15) is 45.7 Å². The molecule has 1 unspecified atom stereocenters. The average molecular weight is 210 g/mol. The molecule has 0 saturated carbocycles. The van der Waals surface area contributed by atoms with E-state index in [9.17, 15) is 4.79 Å². The molecule has 4 nitrogen and oxygen atoms in total. The normalized spacial score (nSPS) is 13.9. The van der Waals surface area contributed by atoms with E-state index in [2.05, 4.69) is 25.8 Å². The van der Waals surface area contributed by atoms with Gasteiger partial charge in [0.1, 0.15) is 0 Å². The van der Waals surface area contributed by atoms with Crippen LogP contribution in [-0.2, 0) is 10.3 Å². The summed E-state index contributed by atoms with van der Waals surface area (Å²) in [7, 11) is 0. The van der Waals surface area contributed by atoms with Gasteiger partial charge >= 0.3 is 5.97 Å². The fourth-order valence-corrected chi connectivity index (χ4v) is 1.33. The Balaban J connectivity index is 2.80. The van der Waals surface area contributed by atoms with E-state index < -0.39 is 5.97 Å². The van der Waals surface area contributed by atoms with Crippen LogP contribution in [0.5, 0.6) is 0 Å². The molecule has 0 aliphatic carbocycles. The van der Waals surface area contributed by atoms with Crippen molar-refractivity contribution in [1.82, 2.24) is 9.55 Å². The van der Waals surface area contributed by atoms with Gasteiger partial charge in [0.2, 0.25) is 0 Å². The van der Waals surface area contributed by atoms with E-state index in [0.29, 0.717) is 0 Å². The number of hydrogen-bond acceptors (Lipinski definition) is 2. The van der Waals surface area contributed by atoms with Crippen LogP contribution in [0.4, 0.5) is 0 Å². The molecule has 1 rings (SSSR count). The molecule has 1 aromatic heterocycles. The molecule has 0 bridgehead atoms. The first-order valence-corrected chi connectivity index (χ1v) is 5.07. The maximum atomic E-state index is 10.6. The van der Waals surface area contributed by atoms with Gasteiger partial charge in [-0.05, 0) is 20.8 Å². The Morgan fingerprint density at radius 3 is 2.60 bits per heavy atom. The standard InChI is InChI=1S/C11H18N2O2/c1-8(5-10(14)15)9-6-13(7-12-9)11(2,3)4/h6-8H,5H2,1-4H3,(H,14,15). The van der Waals surface area contributed by atoms with Crippen molar-refractivity contribution >= 4 is 5.97 Å². The van der Waals surface area contributed by atoms with Crippen LogP contribution in [0.25, 0.3) is 0 Å². The predicted molar refractivity (Wildman–Crippen MR) is 57.9 cm³/mol. The topological polar surface area (TPSA) is 55.1 Å². The Bertz CT molecular complexity index is 350. The van der Waals surface area contributed by atoms with Crippen molar-refractivity contribution in [3.8, 4) is 0 Å². The number of aromatic nitrogens is 2. The molecular weight excluding hydrogens is 192 g/mol. The minimum absolute atomic E-state index is 0.00576. The first kappa shape index (κ1) is 11.8. The molecule has 1 heterocycles. The number of imidazole rings is 1. The number of carbonyl (C=O) groups is 1. The van der Waals surface area contributed by atoms with E-state index in [0.717, 1.165) is 5.69 Å². The van der Waals surface area contributed by atoms with E-state index in [1.165, 1.54) is 0 Å². The van der Waals surface area contributed by atoms with Gasteiger partial charge in [0.05, 0.1) is 18.4 Å². The molecular formula is C11H18N2O2. The summed E-state index contributed by atoms with van der Waals surface area (Å²) in [4.78, 5) is 14.8. The Morgan fingerprint density at radius 2 is 2.20 bits per heavy atom. The smallest absolute Gasteiger partial charge is 0.304 e. The number of carboxylic acids is 1.